The minimum absolute atomic E-state index is 0.0306. The van der Waals surface area contributed by atoms with Gasteiger partial charge in [-0.3, -0.25) is 9.45 Å². The molecule has 7 nitrogen and oxygen atoms in total. The van der Waals surface area contributed by atoms with E-state index >= 15 is 0 Å². The zero-order valence-corrected chi connectivity index (χ0v) is 16.4. The van der Waals surface area contributed by atoms with Crippen molar-refractivity contribution in [3.8, 4) is 5.75 Å². The second-order valence-corrected chi connectivity index (χ2v) is 8.22. The molecular weight excluding hydrogens is 382 g/mol. The van der Waals surface area contributed by atoms with Crippen molar-refractivity contribution in [2.24, 2.45) is 0 Å². The summed E-state index contributed by atoms with van der Waals surface area (Å²) in [5.41, 5.74) is 0.674. The molecule has 3 N–H and O–H groups in total. The lowest BCUT2D eigenvalue weighted by Crippen LogP contribution is -2.47. The molecule has 1 aliphatic rings. The summed E-state index contributed by atoms with van der Waals surface area (Å²) < 4.78 is 34.6. The normalized spacial score (nSPS) is 19.7. The largest absolute Gasteiger partial charge is 0.446 e. The summed E-state index contributed by atoms with van der Waals surface area (Å²) in [5, 5.41) is 21.6. The fraction of sp³-hybridized carbons (Fsp3) is 0.400. The summed E-state index contributed by atoms with van der Waals surface area (Å²) in [6.45, 7) is 3.21. The number of rotatable bonds is 6. The van der Waals surface area contributed by atoms with Gasteiger partial charge in [0.05, 0.1) is 11.7 Å². The third-order valence-electron chi connectivity index (χ3n) is 5.39. The van der Waals surface area contributed by atoms with E-state index in [2.05, 4.69) is 9.08 Å². The van der Waals surface area contributed by atoms with Crippen LogP contribution in [0, 0.1) is 0 Å². The first-order chi connectivity index (χ1) is 13.2. The highest BCUT2D eigenvalue weighted by Crippen LogP contribution is 2.35. The van der Waals surface area contributed by atoms with Crippen LogP contribution in [0.4, 0.5) is 0 Å². The van der Waals surface area contributed by atoms with Gasteiger partial charge in [0.15, 0.2) is 0 Å². The summed E-state index contributed by atoms with van der Waals surface area (Å²) in [4.78, 5) is 2.13. The SMILES string of the molecule is C[C@@H]([C@@H](O)c1ccc(OS(=O)(=O)O)cc1)N1CCC(O)(c2ccccc2)CC1. The number of nitrogens with zero attached hydrogens (tertiary/aromatic N) is 1. The van der Waals surface area contributed by atoms with Crippen LogP contribution in [0.3, 0.4) is 0 Å². The molecule has 0 unspecified atom stereocenters. The average molecular weight is 407 g/mol. The molecule has 0 bridgehead atoms. The second-order valence-electron chi connectivity index (χ2n) is 7.20. The smallest absolute Gasteiger partial charge is 0.387 e. The Labute approximate surface area is 165 Å². The highest BCUT2D eigenvalue weighted by atomic mass is 32.3. The van der Waals surface area contributed by atoms with Crippen LogP contribution in [0.2, 0.25) is 0 Å². The number of benzene rings is 2. The predicted octanol–water partition coefficient (Wildman–Crippen LogP) is 2.27. The Kier molecular flexibility index (Phi) is 6.07. The molecule has 0 spiro atoms. The number of hydrogen-bond donors (Lipinski definition) is 3. The van der Waals surface area contributed by atoms with Crippen molar-refractivity contribution in [1.29, 1.82) is 0 Å². The lowest BCUT2D eigenvalue weighted by atomic mass is 9.83. The van der Waals surface area contributed by atoms with E-state index in [0.29, 0.717) is 31.5 Å². The van der Waals surface area contributed by atoms with Crippen molar-refractivity contribution in [3.05, 3.63) is 65.7 Å². The van der Waals surface area contributed by atoms with Crippen LogP contribution >= 0.6 is 0 Å². The molecular formula is C20H25NO6S. The molecule has 3 rings (SSSR count). The first kappa shape index (κ1) is 20.8. The van der Waals surface area contributed by atoms with E-state index in [1.54, 1.807) is 12.1 Å². The number of hydrogen-bond acceptors (Lipinski definition) is 6. The van der Waals surface area contributed by atoms with Crippen LogP contribution in [-0.2, 0) is 16.0 Å². The van der Waals surface area contributed by atoms with E-state index < -0.39 is 22.1 Å². The van der Waals surface area contributed by atoms with Crippen molar-refractivity contribution in [2.75, 3.05) is 13.1 Å². The van der Waals surface area contributed by atoms with Gasteiger partial charge >= 0.3 is 10.4 Å². The molecule has 0 saturated carbocycles. The topological polar surface area (TPSA) is 107 Å². The van der Waals surface area contributed by atoms with Crippen LogP contribution in [0.5, 0.6) is 5.75 Å². The van der Waals surface area contributed by atoms with Crippen LogP contribution < -0.4 is 4.18 Å². The Morgan fingerprint density at radius 1 is 1.04 bits per heavy atom. The minimum atomic E-state index is -4.57. The van der Waals surface area contributed by atoms with Gasteiger partial charge in [-0.1, -0.05) is 42.5 Å². The Morgan fingerprint density at radius 2 is 1.61 bits per heavy atom. The second kappa shape index (κ2) is 8.18. The van der Waals surface area contributed by atoms with Gasteiger partial charge in [0, 0.05) is 19.1 Å². The van der Waals surface area contributed by atoms with E-state index in [1.165, 1.54) is 12.1 Å². The number of aliphatic hydroxyl groups excluding tert-OH is 1. The molecule has 8 heteroatoms. The van der Waals surface area contributed by atoms with Crippen LogP contribution in [-0.4, -0.2) is 47.2 Å². The molecule has 1 heterocycles. The molecule has 2 aromatic carbocycles. The van der Waals surface area contributed by atoms with Crippen LogP contribution in [0.1, 0.15) is 37.0 Å². The Morgan fingerprint density at radius 3 is 2.14 bits per heavy atom. The average Bonchev–Trinajstić information content (AvgIpc) is 2.67. The van der Waals surface area contributed by atoms with E-state index in [-0.39, 0.29) is 11.8 Å². The Hall–Kier alpha value is -1.97. The summed E-state index contributed by atoms with van der Waals surface area (Å²) in [6, 6.07) is 15.3. The van der Waals surface area contributed by atoms with Gasteiger partial charge in [-0.25, -0.2) is 0 Å². The fourth-order valence-electron chi connectivity index (χ4n) is 3.66. The van der Waals surface area contributed by atoms with Crippen LogP contribution in [0.15, 0.2) is 54.6 Å². The quantitative estimate of drug-likeness (QED) is 0.631. The zero-order chi connectivity index (χ0) is 20.4. The lowest BCUT2D eigenvalue weighted by Gasteiger charge is -2.42. The summed E-state index contributed by atoms with van der Waals surface area (Å²) in [6.07, 6.45) is 0.368. The maximum absolute atomic E-state index is 10.9. The molecule has 1 aliphatic heterocycles. The Balaban J connectivity index is 1.62. The first-order valence-electron chi connectivity index (χ1n) is 9.15. The molecule has 0 amide bonds. The third-order valence-corrected chi connectivity index (χ3v) is 5.80. The lowest BCUT2D eigenvalue weighted by molar-refractivity contribution is -0.0501. The van der Waals surface area contributed by atoms with Gasteiger partial charge in [0.1, 0.15) is 5.75 Å². The van der Waals surface area contributed by atoms with Gasteiger partial charge in [0.2, 0.25) is 0 Å². The van der Waals surface area contributed by atoms with Crippen molar-refractivity contribution in [1.82, 2.24) is 4.90 Å². The van der Waals surface area contributed by atoms with Crippen molar-refractivity contribution < 1.29 is 27.4 Å². The predicted molar refractivity (Wildman–Crippen MR) is 104 cm³/mol. The standard InChI is InChI=1S/C20H25NO6S/c1-15(19(22)16-7-9-18(10-8-16)27-28(24,25)26)21-13-11-20(23,12-14-21)17-5-3-2-4-6-17/h2-10,15,19,22-23H,11-14H2,1H3,(H,24,25,26)/t15-,19+/m0/s1. The van der Waals surface area contributed by atoms with E-state index in [0.717, 1.165) is 5.56 Å². The molecule has 2 atom stereocenters. The molecule has 1 saturated heterocycles. The van der Waals surface area contributed by atoms with Gasteiger partial charge in [-0.15, -0.1) is 0 Å². The van der Waals surface area contributed by atoms with Crippen LogP contribution in [0.25, 0.3) is 0 Å². The molecule has 2 aromatic rings. The van der Waals surface area contributed by atoms with Crippen molar-refractivity contribution >= 4 is 10.4 Å². The molecule has 0 aromatic heterocycles. The van der Waals surface area contributed by atoms with E-state index in [4.69, 9.17) is 4.55 Å². The van der Waals surface area contributed by atoms with Crippen molar-refractivity contribution in [2.45, 2.75) is 37.5 Å². The molecule has 0 aliphatic carbocycles. The van der Waals surface area contributed by atoms with E-state index in [9.17, 15) is 18.6 Å². The first-order valence-corrected chi connectivity index (χ1v) is 10.5. The highest BCUT2D eigenvalue weighted by molar-refractivity contribution is 7.81. The fourth-order valence-corrected chi connectivity index (χ4v) is 4.01. The van der Waals surface area contributed by atoms with E-state index in [1.807, 2.05) is 37.3 Å². The summed E-state index contributed by atoms with van der Waals surface area (Å²) >= 11 is 0. The van der Waals surface area contributed by atoms with Gasteiger partial charge in [0.25, 0.3) is 0 Å². The maximum Gasteiger partial charge on any atom is 0.446 e. The number of piperidine rings is 1. The summed E-state index contributed by atoms with van der Waals surface area (Å²) in [5.74, 6) is -0.0306. The number of likely N-dealkylation sites (tertiary alicyclic amines) is 1. The third kappa shape index (κ3) is 4.89. The minimum Gasteiger partial charge on any atom is -0.387 e. The summed E-state index contributed by atoms with van der Waals surface area (Å²) in [7, 11) is -4.57. The molecule has 152 valence electrons. The zero-order valence-electron chi connectivity index (χ0n) is 15.6. The van der Waals surface area contributed by atoms with Gasteiger partial charge < -0.3 is 14.4 Å². The molecule has 0 radical (unpaired) electrons. The van der Waals surface area contributed by atoms with Gasteiger partial charge in [-0.05, 0) is 43.0 Å². The number of aliphatic hydroxyl groups is 2. The Bertz CT molecular complexity index is 877. The van der Waals surface area contributed by atoms with Crippen molar-refractivity contribution in [3.63, 3.8) is 0 Å². The highest BCUT2D eigenvalue weighted by Gasteiger charge is 2.36. The van der Waals surface area contributed by atoms with Gasteiger partial charge in [-0.2, -0.15) is 8.42 Å². The molecule has 28 heavy (non-hydrogen) atoms. The monoisotopic (exact) mass is 407 g/mol. The maximum atomic E-state index is 10.9. The molecule has 1 fully saturated rings.